The summed E-state index contributed by atoms with van der Waals surface area (Å²) < 4.78 is 10.8. The van der Waals surface area contributed by atoms with Gasteiger partial charge in [-0.3, -0.25) is 9.36 Å². The maximum Gasteiger partial charge on any atom is 0.420 e. The van der Waals surface area contributed by atoms with Gasteiger partial charge in [0.2, 0.25) is 0 Å². The maximum atomic E-state index is 11.5. The van der Waals surface area contributed by atoms with E-state index >= 15 is 0 Å². The standard InChI is InChI=1S/C11H11NO4/c1-7-3-4-8-9(5-7)16-11(14)12(8)6-10(13)15-2/h3-5H,6H2,1-2H3. The largest absolute Gasteiger partial charge is 0.468 e. The first-order valence-corrected chi connectivity index (χ1v) is 4.78. The number of fused-ring (bicyclic) bond motifs is 1. The number of benzene rings is 1. The van der Waals surface area contributed by atoms with Crippen molar-refractivity contribution in [3.63, 3.8) is 0 Å². The first kappa shape index (κ1) is 10.5. The molecule has 16 heavy (non-hydrogen) atoms. The molecule has 0 fully saturated rings. The Morgan fingerprint density at radius 2 is 2.25 bits per heavy atom. The molecule has 1 aromatic carbocycles. The van der Waals surface area contributed by atoms with Crippen LogP contribution in [-0.4, -0.2) is 17.6 Å². The van der Waals surface area contributed by atoms with Gasteiger partial charge in [0.25, 0.3) is 0 Å². The molecule has 0 saturated heterocycles. The number of methoxy groups -OCH3 is 1. The average Bonchev–Trinajstić information content (AvgIpc) is 2.54. The van der Waals surface area contributed by atoms with Gasteiger partial charge in [-0.15, -0.1) is 0 Å². The smallest absolute Gasteiger partial charge is 0.420 e. The van der Waals surface area contributed by atoms with E-state index in [2.05, 4.69) is 4.74 Å². The number of hydrogen-bond donors (Lipinski definition) is 0. The number of carbonyl (C=O) groups is 1. The maximum absolute atomic E-state index is 11.5. The molecule has 1 aromatic heterocycles. The summed E-state index contributed by atoms with van der Waals surface area (Å²) in [7, 11) is 1.28. The third-order valence-electron chi connectivity index (χ3n) is 2.34. The minimum Gasteiger partial charge on any atom is -0.468 e. The summed E-state index contributed by atoms with van der Waals surface area (Å²) in [6, 6.07) is 5.36. The van der Waals surface area contributed by atoms with Gasteiger partial charge in [-0.25, -0.2) is 4.79 Å². The highest BCUT2D eigenvalue weighted by molar-refractivity contribution is 5.76. The highest BCUT2D eigenvalue weighted by Gasteiger charge is 2.12. The minimum atomic E-state index is -0.550. The number of aryl methyl sites for hydroxylation is 1. The number of ether oxygens (including phenoxy) is 1. The molecule has 5 nitrogen and oxygen atoms in total. The van der Waals surface area contributed by atoms with Crippen LogP contribution in [0.3, 0.4) is 0 Å². The van der Waals surface area contributed by atoms with E-state index < -0.39 is 11.7 Å². The molecule has 2 aromatic rings. The minimum absolute atomic E-state index is 0.134. The second kappa shape index (κ2) is 3.84. The molecule has 0 spiro atoms. The summed E-state index contributed by atoms with van der Waals surface area (Å²) >= 11 is 0. The molecular weight excluding hydrogens is 210 g/mol. The average molecular weight is 221 g/mol. The van der Waals surface area contributed by atoms with Crippen molar-refractivity contribution in [1.82, 2.24) is 4.57 Å². The van der Waals surface area contributed by atoms with Gasteiger partial charge in [0, 0.05) is 0 Å². The predicted octanol–water partition coefficient (Wildman–Crippen LogP) is 1.08. The topological polar surface area (TPSA) is 61.4 Å². The SMILES string of the molecule is COC(=O)Cn1c(=O)oc2cc(C)ccc21. The lowest BCUT2D eigenvalue weighted by molar-refractivity contribution is -0.141. The Morgan fingerprint density at radius 3 is 2.94 bits per heavy atom. The zero-order chi connectivity index (χ0) is 11.7. The van der Waals surface area contributed by atoms with Crippen LogP contribution in [0.2, 0.25) is 0 Å². The van der Waals surface area contributed by atoms with Crippen LogP contribution in [0.1, 0.15) is 5.56 Å². The number of oxazole rings is 1. The Kier molecular flexibility index (Phi) is 2.52. The fourth-order valence-corrected chi connectivity index (χ4v) is 1.52. The first-order chi connectivity index (χ1) is 7.61. The van der Waals surface area contributed by atoms with Crippen molar-refractivity contribution < 1.29 is 13.9 Å². The summed E-state index contributed by atoms with van der Waals surface area (Å²) in [4.78, 5) is 22.6. The van der Waals surface area contributed by atoms with E-state index in [9.17, 15) is 9.59 Å². The Hall–Kier alpha value is -2.04. The van der Waals surface area contributed by atoms with E-state index in [1.54, 1.807) is 12.1 Å². The number of nitrogens with zero attached hydrogens (tertiary/aromatic N) is 1. The van der Waals surface area contributed by atoms with Gasteiger partial charge in [0.1, 0.15) is 6.54 Å². The quantitative estimate of drug-likeness (QED) is 0.712. The van der Waals surface area contributed by atoms with Crippen molar-refractivity contribution in [3.05, 3.63) is 34.3 Å². The van der Waals surface area contributed by atoms with E-state index in [1.165, 1.54) is 11.7 Å². The third-order valence-corrected chi connectivity index (χ3v) is 2.34. The number of esters is 1. The molecule has 5 heteroatoms. The van der Waals surface area contributed by atoms with E-state index in [1.807, 2.05) is 13.0 Å². The van der Waals surface area contributed by atoms with Crippen LogP contribution in [0.4, 0.5) is 0 Å². The molecule has 0 atom stereocenters. The second-order valence-electron chi connectivity index (χ2n) is 3.50. The molecule has 0 radical (unpaired) electrons. The molecule has 0 N–H and O–H groups in total. The molecule has 2 rings (SSSR count). The van der Waals surface area contributed by atoms with Crippen molar-refractivity contribution in [2.24, 2.45) is 0 Å². The molecule has 0 amide bonds. The molecule has 0 unspecified atom stereocenters. The highest BCUT2D eigenvalue weighted by atomic mass is 16.5. The molecule has 0 saturated carbocycles. The van der Waals surface area contributed by atoms with Gasteiger partial charge >= 0.3 is 11.7 Å². The lowest BCUT2D eigenvalue weighted by Crippen LogP contribution is -2.20. The van der Waals surface area contributed by atoms with Crippen LogP contribution in [0, 0.1) is 6.92 Å². The second-order valence-corrected chi connectivity index (χ2v) is 3.50. The summed E-state index contributed by atoms with van der Waals surface area (Å²) in [5.41, 5.74) is 2.07. The van der Waals surface area contributed by atoms with Gasteiger partial charge in [-0.05, 0) is 24.6 Å². The number of rotatable bonds is 2. The Morgan fingerprint density at radius 1 is 1.50 bits per heavy atom. The van der Waals surface area contributed by atoms with Gasteiger partial charge in [-0.1, -0.05) is 6.07 Å². The van der Waals surface area contributed by atoms with E-state index in [-0.39, 0.29) is 6.54 Å². The monoisotopic (exact) mass is 221 g/mol. The van der Waals surface area contributed by atoms with Crippen LogP contribution < -0.4 is 5.76 Å². The fourth-order valence-electron chi connectivity index (χ4n) is 1.52. The van der Waals surface area contributed by atoms with Crippen LogP contribution in [0.25, 0.3) is 11.1 Å². The molecule has 0 aliphatic carbocycles. The van der Waals surface area contributed by atoms with Gasteiger partial charge in [-0.2, -0.15) is 0 Å². The molecule has 0 aliphatic heterocycles. The van der Waals surface area contributed by atoms with Crippen LogP contribution in [0.5, 0.6) is 0 Å². The van der Waals surface area contributed by atoms with Crippen molar-refractivity contribution in [2.45, 2.75) is 13.5 Å². The number of aromatic nitrogens is 1. The zero-order valence-corrected chi connectivity index (χ0v) is 9.02. The van der Waals surface area contributed by atoms with E-state index in [0.717, 1.165) is 5.56 Å². The molecule has 1 heterocycles. The summed E-state index contributed by atoms with van der Waals surface area (Å²) in [5, 5.41) is 0. The van der Waals surface area contributed by atoms with Crippen molar-refractivity contribution in [1.29, 1.82) is 0 Å². The lowest BCUT2D eigenvalue weighted by atomic mass is 10.2. The summed E-state index contributed by atoms with van der Waals surface area (Å²) in [6.45, 7) is 1.77. The Balaban J connectivity index is 2.56. The van der Waals surface area contributed by atoms with Gasteiger partial charge in [0.05, 0.1) is 12.6 Å². The van der Waals surface area contributed by atoms with E-state index in [4.69, 9.17) is 4.42 Å². The highest BCUT2D eigenvalue weighted by Crippen LogP contribution is 2.14. The number of carbonyl (C=O) groups excluding carboxylic acids is 1. The summed E-state index contributed by atoms with van der Waals surface area (Å²) in [5.74, 6) is -1.03. The molecule has 84 valence electrons. The van der Waals surface area contributed by atoms with Crippen LogP contribution in [0.15, 0.2) is 27.4 Å². The third kappa shape index (κ3) is 1.71. The van der Waals surface area contributed by atoms with Crippen LogP contribution >= 0.6 is 0 Å². The lowest BCUT2D eigenvalue weighted by Gasteiger charge is -1.99. The normalized spacial score (nSPS) is 10.6. The Labute approximate surface area is 91.2 Å². The fraction of sp³-hybridized carbons (Fsp3) is 0.273. The van der Waals surface area contributed by atoms with Crippen molar-refractivity contribution in [2.75, 3.05) is 7.11 Å². The molecule has 0 bridgehead atoms. The van der Waals surface area contributed by atoms with Crippen LogP contribution in [-0.2, 0) is 16.1 Å². The zero-order valence-electron chi connectivity index (χ0n) is 9.02. The predicted molar refractivity (Wildman–Crippen MR) is 57.2 cm³/mol. The molecular formula is C11H11NO4. The van der Waals surface area contributed by atoms with Crippen molar-refractivity contribution in [3.8, 4) is 0 Å². The first-order valence-electron chi connectivity index (χ1n) is 4.78. The number of hydrogen-bond acceptors (Lipinski definition) is 4. The molecule has 0 aliphatic rings. The summed E-state index contributed by atoms with van der Waals surface area (Å²) in [6.07, 6.45) is 0. The van der Waals surface area contributed by atoms with Gasteiger partial charge < -0.3 is 9.15 Å². The van der Waals surface area contributed by atoms with Gasteiger partial charge in [0.15, 0.2) is 5.58 Å². The van der Waals surface area contributed by atoms with E-state index in [0.29, 0.717) is 11.1 Å². The Bertz CT molecular complexity index is 594. The van der Waals surface area contributed by atoms with Crippen molar-refractivity contribution >= 4 is 17.1 Å².